The Labute approximate surface area is 191 Å². The average Bonchev–Trinajstić information content (AvgIpc) is 3.12. The van der Waals surface area contributed by atoms with Crippen molar-refractivity contribution in [1.29, 1.82) is 0 Å². The highest BCUT2D eigenvalue weighted by molar-refractivity contribution is 6.39. The minimum atomic E-state index is -4.64. The maximum atomic E-state index is 13.7. The number of imidazole rings is 1. The Morgan fingerprint density at radius 3 is 2.28 bits per heavy atom. The number of halogens is 5. The second-order valence-electron chi connectivity index (χ2n) is 6.90. The number of hydrogen-bond acceptors (Lipinski definition) is 4. The lowest BCUT2D eigenvalue weighted by molar-refractivity contribution is -0.146. The summed E-state index contributed by atoms with van der Waals surface area (Å²) < 4.78 is 42.3. The number of rotatable bonds is 5. The predicted molar refractivity (Wildman–Crippen MR) is 122 cm³/mol. The van der Waals surface area contributed by atoms with Gasteiger partial charge < -0.3 is 10.3 Å². The van der Waals surface area contributed by atoms with Gasteiger partial charge in [0.05, 0.1) is 39.0 Å². The predicted octanol–water partition coefficient (Wildman–Crippen LogP) is 6.46. The summed E-state index contributed by atoms with van der Waals surface area (Å²) in [4.78, 5) is 3.79. The van der Waals surface area contributed by atoms with Gasteiger partial charge in [-0.2, -0.15) is 18.3 Å². The third kappa shape index (κ3) is 4.51. The zero-order valence-corrected chi connectivity index (χ0v) is 17.9. The molecule has 4 aromatic rings. The Kier molecular flexibility index (Phi) is 5.99. The number of nitrogen functional groups attached to an aromatic ring is 1. The normalized spacial score (nSPS) is 12.3. The van der Waals surface area contributed by atoms with E-state index in [9.17, 15) is 13.2 Å². The quantitative estimate of drug-likeness (QED) is 0.197. The molecule has 0 aliphatic heterocycles. The van der Waals surface area contributed by atoms with Crippen LogP contribution in [0.2, 0.25) is 10.0 Å². The van der Waals surface area contributed by atoms with Crippen molar-refractivity contribution in [2.24, 2.45) is 5.10 Å². The first-order valence-electron chi connectivity index (χ1n) is 9.39. The van der Waals surface area contributed by atoms with E-state index in [4.69, 9.17) is 28.9 Å². The van der Waals surface area contributed by atoms with E-state index >= 15 is 0 Å². The largest absolute Gasteiger partial charge is 0.449 e. The molecule has 0 saturated carbocycles. The lowest BCUT2D eigenvalue weighted by Gasteiger charge is -2.15. The summed E-state index contributed by atoms with van der Waals surface area (Å²) in [6, 6.07) is 18.2. The third-order valence-corrected chi connectivity index (χ3v) is 5.29. The lowest BCUT2D eigenvalue weighted by Crippen LogP contribution is -2.20. The van der Waals surface area contributed by atoms with Crippen LogP contribution in [0.3, 0.4) is 0 Å². The molecule has 0 aliphatic rings. The molecule has 0 bridgehead atoms. The molecule has 1 heterocycles. The molecule has 164 valence electrons. The summed E-state index contributed by atoms with van der Waals surface area (Å²) in [7, 11) is 0. The molecular weight excluding hydrogens is 462 g/mol. The number of nitrogens with zero attached hydrogens (tertiary/aromatic N) is 3. The van der Waals surface area contributed by atoms with Crippen LogP contribution in [0, 0.1) is 0 Å². The first-order chi connectivity index (χ1) is 15.2. The van der Waals surface area contributed by atoms with Gasteiger partial charge in [0.2, 0.25) is 5.82 Å². The number of alkyl halides is 3. The van der Waals surface area contributed by atoms with Crippen molar-refractivity contribution in [2.45, 2.75) is 12.7 Å². The Balaban J connectivity index is 1.81. The molecule has 4 rings (SSSR count). The standard InChI is InChI=1S/C22H16Cl2F3N5/c23-15-10-14(28)11-16(24)20(15)31-30-18(13-6-2-1-3-7-13)12-32-19-9-5-4-8-17(19)29-21(32)22(25,26)27/h1-11,31H,12,28H2/b30-18-. The fourth-order valence-corrected chi connectivity index (χ4v) is 3.83. The van der Waals surface area contributed by atoms with E-state index in [0.717, 1.165) is 4.57 Å². The molecule has 0 aliphatic carbocycles. The summed E-state index contributed by atoms with van der Waals surface area (Å²) >= 11 is 12.4. The van der Waals surface area contributed by atoms with Crippen molar-refractivity contribution in [3.63, 3.8) is 0 Å². The SMILES string of the molecule is Nc1cc(Cl)c(N/N=C(/Cn2c(C(F)(F)F)nc3ccccc32)c2ccccc2)c(Cl)c1. The number of nitrogens with one attached hydrogen (secondary N) is 1. The number of nitrogens with two attached hydrogens (primary N) is 1. The minimum Gasteiger partial charge on any atom is -0.399 e. The number of hydrazone groups is 1. The molecule has 1 aromatic heterocycles. The van der Waals surface area contributed by atoms with E-state index in [0.29, 0.717) is 28.2 Å². The molecule has 3 N–H and O–H groups in total. The van der Waals surface area contributed by atoms with Gasteiger partial charge in [0, 0.05) is 5.69 Å². The topological polar surface area (TPSA) is 68.2 Å². The highest BCUT2D eigenvalue weighted by Gasteiger charge is 2.37. The fourth-order valence-electron chi connectivity index (χ4n) is 3.25. The maximum absolute atomic E-state index is 13.7. The van der Waals surface area contributed by atoms with Crippen LogP contribution in [0.25, 0.3) is 11.0 Å². The Bertz CT molecular complexity index is 1280. The van der Waals surface area contributed by atoms with Crippen LogP contribution >= 0.6 is 23.2 Å². The van der Waals surface area contributed by atoms with Crippen LogP contribution in [-0.2, 0) is 12.7 Å². The van der Waals surface area contributed by atoms with Crippen LogP contribution < -0.4 is 11.2 Å². The van der Waals surface area contributed by atoms with Gasteiger partial charge in [-0.1, -0.05) is 65.7 Å². The third-order valence-electron chi connectivity index (χ3n) is 4.69. The summed E-state index contributed by atoms with van der Waals surface area (Å²) in [5.41, 5.74) is 10.7. The molecule has 10 heteroatoms. The second-order valence-corrected chi connectivity index (χ2v) is 7.72. The monoisotopic (exact) mass is 477 g/mol. The summed E-state index contributed by atoms with van der Waals surface area (Å²) in [5.74, 6) is -1.01. The molecule has 0 radical (unpaired) electrons. The summed E-state index contributed by atoms with van der Waals surface area (Å²) in [6.45, 7) is -0.198. The molecule has 0 amide bonds. The Morgan fingerprint density at radius 2 is 1.62 bits per heavy atom. The second kappa shape index (κ2) is 8.72. The van der Waals surface area contributed by atoms with E-state index in [1.54, 1.807) is 48.5 Å². The zero-order chi connectivity index (χ0) is 22.9. The Hall–Kier alpha value is -3.23. The average molecular weight is 478 g/mol. The van der Waals surface area contributed by atoms with E-state index in [1.165, 1.54) is 18.2 Å². The minimum absolute atomic E-state index is 0.198. The molecule has 0 unspecified atom stereocenters. The number of hydrogen-bond donors (Lipinski definition) is 2. The molecule has 0 saturated heterocycles. The highest BCUT2D eigenvalue weighted by atomic mass is 35.5. The molecule has 3 aromatic carbocycles. The van der Waals surface area contributed by atoms with E-state index < -0.39 is 12.0 Å². The summed E-state index contributed by atoms with van der Waals surface area (Å²) in [5, 5.41) is 4.82. The smallest absolute Gasteiger partial charge is 0.399 e. The van der Waals surface area contributed by atoms with Gasteiger partial charge in [0.1, 0.15) is 0 Å². The lowest BCUT2D eigenvalue weighted by atomic mass is 10.1. The van der Waals surface area contributed by atoms with Crippen LogP contribution in [0.4, 0.5) is 24.5 Å². The first-order valence-corrected chi connectivity index (χ1v) is 10.1. The molecule has 0 atom stereocenters. The number of fused-ring (bicyclic) bond motifs is 1. The molecule has 0 fully saturated rings. The number of aromatic nitrogens is 2. The first kappa shape index (κ1) is 22.0. The van der Waals surface area contributed by atoms with Crippen LogP contribution in [0.5, 0.6) is 0 Å². The van der Waals surface area contributed by atoms with E-state index in [2.05, 4.69) is 15.5 Å². The van der Waals surface area contributed by atoms with Gasteiger partial charge in [-0.25, -0.2) is 4.98 Å². The fraction of sp³-hybridized carbons (Fsp3) is 0.0909. The van der Waals surface area contributed by atoms with Crippen molar-refractivity contribution in [2.75, 3.05) is 11.2 Å². The van der Waals surface area contributed by atoms with E-state index in [1.807, 2.05) is 0 Å². The van der Waals surface area contributed by atoms with Crippen molar-refractivity contribution >= 4 is 51.3 Å². The van der Waals surface area contributed by atoms with Crippen LogP contribution in [-0.4, -0.2) is 15.3 Å². The highest BCUT2D eigenvalue weighted by Crippen LogP contribution is 2.34. The van der Waals surface area contributed by atoms with Crippen molar-refractivity contribution in [1.82, 2.24) is 9.55 Å². The van der Waals surface area contributed by atoms with Gasteiger partial charge in [0.25, 0.3) is 0 Å². The van der Waals surface area contributed by atoms with Crippen LogP contribution in [0.15, 0.2) is 71.8 Å². The van der Waals surface area contributed by atoms with Gasteiger partial charge in [-0.3, -0.25) is 5.43 Å². The molecule has 0 spiro atoms. The Morgan fingerprint density at radius 1 is 1.00 bits per heavy atom. The van der Waals surface area contributed by atoms with Gasteiger partial charge in [0.15, 0.2) is 0 Å². The summed E-state index contributed by atoms with van der Waals surface area (Å²) in [6.07, 6.45) is -4.64. The van der Waals surface area contributed by atoms with E-state index in [-0.39, 0.29) is 22.1 Å². The van der Waals surface area contributed by atoms with Crippen molar-refractivity contribution < 1.29 is 13.2 Å². The number of para-hydroxylation sites is 2. The number of anilines is 2. The van der Waals surface area contributed by atoms with Gasteiger partial charge in [-0.15, -0.1) is 0 Å². The van der Waals surface area contributed by atoms with Gasteiger partial charge in [-0.05, 0) is 29.8 Å². The maximum Gasteiger partial charge on any atom is 0.449 e. The van der Waals surface area contributed by atoms with Crippen LogP contribution in [0.1, 0.15) is 11.4 Å². The van der Waals surface area contributed by atoms with Gasteiger partial charge >= 0.3 is 6.18 Å². The number of benzene rings is 3. The molecular formula is C22H16Cl2F3N5. The molecule has 5 nitrogen and oxygen atoms in total. The van der Waals surface area contributed by atoms with Crippen molar-refractivity contribution in [3.8, 4) is 0 Å². The zero-order valence-electron chi connectivity index (χ0n) is 16.4. The van der Waals surface area contributed by atoms with Crippen molar-refractivity contribution in [3.05, 3.63) is 88.2 Å². The molecule has 32 heavy (non-hydrogen) atoms.